The molecule has 0 aliphatic carbocycles. The third kappa shape index (κ3) is 4.17. The number of nitrogens with one attached hydrogen (secondary N) is 1. The molecule has 0 spiro atoms. The second kappa shape index (κ2) is 8.42. The Bertz CT molecular complexity index is 731. The fraction of sp³-hybridized carbons (Fsp3) is 0.368. The van der Waals surface area contributed by atoms with Gasteiger partial charge in [0.25, 0.3) is 0 Å². The number of aromatic nitrogens is 1. The van der Waals surface area contributed by atoms with Crippen molar-refractivity contribution in [3.05, 3.63) is 48.3 Å². The summed E-state index contributed by atoms with van der Waals surface area (Å²) in [7, 11) is 3.26. The lowest BCUT2D eigenvalue weighted by molar-refractivity contribution is 0.194. The van der Waals surface area contributed by atoms with Gasteiger partial charge in [0.15, 0.2) is 11.5 Å². The molecule has 0 bridgehead atoms. The molecule has 3 rings (SSSR count). The summed E-state index contributed by atoms with van der Waals surface area (Å²) in [5.74, 6) is 1.42. The first-order valence-electron chi connectivity index (χ1n) is 8.60. The quantitative estimate of drug-likeness (QED) is 0.889. The molecule has 7 nitrogen and oxygen atoms in total. The smallest absolute Gasteiger partial charge is 0.317 e. The van der Waals surface area contributed by atoms with Crippen LogP contribution >= 0.6 is 0 Å². The summed E-state index contributed by atoms with van der Waals surface area (Å²) < 4.78 is 10.7. The van der Waals surface area contributed by atoms with E-state index in [-0.39, 0.29) is 6.03 Å². The molecule has 0 atom stereocenters. The molecule has 1 aromatic heterocycles. The number of hydrogen-bond acceptors (Lipinski definition) is 5. The minimum atomic E-state index is -0.0335. The first kappa shape index (κ1) is 17.8. The van der Waals surface area contributed by atoms with Crippen LogP contribution in [0, 0.1) is 0 Å². The van der Waals surface area contributed by atoms with E-state index in [2.05, 4.69) is 15.2 Å². The number of methoxy groups -OCH3 is 2. The summed E-state index contributed by atoms with van der Waals surface area (Å²) >= 11 is 0. The van der Waals surface area contributed by atoms with Crippen molar-refractivity contribution in [2.24, 2.45) is 0 Å². The molecule has 1 aromatic carbocycles. The third-order valence-corrected chi connectivity index (χ3v) is 4.49. The molecule has 1 N–H and O–H groups in total. The highest BCUT2D eigenvalue weighted by Gasteiger charge is 2.21. The van der Waals surface area contributed by atoms with Crippen LogP contribution in [0.15, 0.2) is 42.7 Å². The van der Waals surface area contributed by atoms with Crippen molar-refractivity contribution < 1.29 is 14.3 Å². The lowest BCUT2D eigenvalue weighted by atomic mass is 10.2. The molecule has 138 valence electrons. The fourth-order valence-corrected chi connectivity index (χ4v) is 2.98. The largest absolute Gasteiger partial charge is 0.493 e. The van der Waals surface area contributed by atoms with Gasteiger partial charge in [-0.05, 0) is 29.8 Å². The Hall–Kier alpha value is -2.96. The van der Waals surface area contributed by atoms with Crippen molar-refractivity contribution in [3.8, 4) is 11.5 Å². The summed E-state index contributed by atoms with van der Waals surface area (Å²) in [5.41, 5.74) is 2.11. The third-order valence-electron chi connectivity index (χ3n) is 4.49. The molecule has 1 fully saturated rings. The number of hydrogen-bond donors (Lipinski definition) is 1. The van der Waals surface area contributed by atoms with E-state index in [0.29, 0.717) is 31.1 Å². The zero-order chi connectivity index (χ0) is 18.4. The van der Waals surface area contributed by atoms with Crippen LogP contribution in [0.25, 0.3) is 0 Å². The van der Waals surface area contributed by atoms with Crippen LogP contribution in [-0.4, -0.2) is 56.3 Å². The molecule has 1 aliphatic rings. The van der Waals surface area contributed by atoms with Crippen molar-refractivity contribution in [2.45, 2.75) is 6.54 Å². The number of ether oxygens (including phenoxy) is 2. The summed E-state index contributed by atoms with van der Waals surface area (Å²) in [6, 6.07) is 9.65. The number of carbonyl (C=O) groups is 1. The van der Waals surface area contributed by atoms with E-state index in [0.717, 1.165) is 24.3 Å². The van der Waals surface area contributed by atoms with E-state index in [1.54, 1.807) is 26.6 Å². The Labute approximate surface area is 153 Å². The second-order valence-electron chi connectivity index (χ2n) is 6.03. The van der Waals surface area contributed by atoms with E-state index >= 15 is 0 Å². The SMILES string of the molecule is COc1ccc(N2CCN(C(=O)NCc3ccncc3)CC2)cc1OC. The number of benzene rings is 1. The van der Waals surface area contributed by atoms with Crippen molar-refractivity contribution in [3.63, 3.8) is 0 Å². The van der Waals surface area contributed by atoms with Crippen molar-refractivity contribution in [1.29, 1.82) is 0 Å². The predicted octanol–water partition coefficient (Wildman–Crippen LogP) is 2.13. The minimum Gasteiger partial charge on any atom is -0.493 e. The standard InChI is InChI=1S/C19H24N4O3/c1-25-17-4-3-16(13-18(17)26-2)22-9-11-23(12-10-22)19(24)21-14-15-5-7-20-8-6-15/h3-8,13H,9-12,14H2,1-2H3,(H,21,24). The molecule has 2 heterocycles. The Balaban J connectivity index is 1.53. The number of nitrogens with zero attached hydrogens (tertiary/aromatic N) is 3. The Morgan fingerprint density at radius 3 is 2.38 bits per heavy atom. The maximum atomic E-state index is 12.3. The van der Waals surface area contributed by atoms with Gasteiger partial charge in [0, 0.05) is 56.9 Å². The van der Waals surface area contributed by atoms with Gasteiger partial charge in [0.1, 0.15) is 0 Å². The van der Waals surface area contributed by atoms with Crippen LogP contribution < -0.4 is 19.7 Å². The molecule has 1 saturated heterocycles. The molecule has 0 radical (unpaired) electrons. The molecule has 2 aromatic rings. The first-order valence-corrected chi connectivity index (χ1v) is 8.60. The number of urea groups is 1. The molecule has 7 heteroatoms. The van der Waals surface area contributed by atoms with Crippen molar-refractivity contribution in [2.75, 3.05) is 45.3 Å². The van der Waals surface area contributed by atoms with E-state index in [9.17, 15) is 4.79 Å². The monoisotopic (exact) mass is 356 g/mol. The average molecular weight is 356 g/mol. The predicted molar refractivity (Wildman–Crippen MR) is 99.8 cm³/mol. The van der Waals surface area contributed by atoms with Gasteiger partial charge in [-0.2, -0.15) is 0 Å². The van der Waals surface area contributed by atoms with Gasteiger partial charge in [-0.3, -0.25) is 4.98 Å². The lowest BCUT2D eigenvalue weighted by Crippen LogP contribution is -2.51. The van der Waals surface area contributed by atoms with Crippen LogP contribution in [0.2, 0.25) is 0 Å². The Morgan fingerprint density at radius 2 is 1.73 bits per heavy atom. The number of rotatable bonds is 5. The van der Waals surface area contributed by atoms with E-state index < -0.39 is 0 Å². The van der Waals surface area contributed by atoms with Crippen molar-refractivity contribution >= 4 is 11.7 Å². The Morgan fingerprint density at radius 1 is 1.04 bits per heavy atom. The molecular formula is C19H24N4O3. The molecular weight excluding hydrogens is 332 g/mol. The fourth-order valence-electron chi connectivity index (χ4n) is 2.98. The maximum Gasteiger partial charge on any atom is 0.317 e. The normalized spacial score (nSPS) is 14.1. The summed E-state index contributed by atoms with van der Waals surface area (Å²) in [4.78, 5) is 20.4. The van der Waals surface area contributed by atoms with Crippen molar-refractivity contribution in [1.82, 2.24) is 15.2 Å². The summed E-state index contributed by atoms with van der Waals surface area (Å²) in [6.07, 6.45) is 3.45. The van der Waals surface area contributed by atoms with E-state index in [4.69, 9.17) is 9.47 Å². The van der Waals surface area contributed by atoms with Gasteiger partial charge in [0.2, 0.25) is 0 Å². The maximum absolute atomic E-state index is 12.3. The highest BCUT2D eigenvalue weighted by atomic mass is 16.5. The van der Waals surface area contributed by atoms with Gasteiger partial charge in [-0.1, -0.05) is 0 Å². The van der Waals surface area contributed by atoms with Crippen LogP contribution in [0.1, 0.15) is 5.56 Å². The summed E-state index contributed by atoms with van der Waals surface area (Å²) in [5, 5.41) is 2.96. The van der Waals surface area contributed by atoms with Crippen LogP contribution in [0.4, 0.5) is 10.5 Å². The minimum absolute atomic E-state index is 0.0335. The van der Waals surface area contributed by atoms with Crippen LogP contribution in [0.5, 0.6) is 11.5 Å². The van der Waals surface area contributed by atoms with Gasteiger partial charge >= 0.3 is 6.03 Å². The zero-order valence-electron chi connectivity index (χ0n) is 15.1. The first-order chi connectivity index (χ1) is 12.7. The molecule has 26 heavy (non-hydrogen) atoms. The van der Waals surface area contributed by atoms with Gasteiger partial charge in [0.05, 0.1) is 14.2 Å². The number of anilines is 1. The van der Waals surface area contributed by atoms with E-state index in [1.807, 2.05) is 35.2 Å². The van der Waals surface area contributed by atoms with Crippen LogP contribution in [0.3, 0.4) is 0 Å². The van der Waals surface area contributed by atoms with Gasteiger partial charge in [-0.25, -0.2) is 4.79 Å². The average Bonchev–Trinajstić information content (AvgIpc) is 2.72. The molecule has 1 aliphatic heterocycles. The number of pyridine rings is 1. The number of carbonyl (C=O) groups excluding carboxylic acids is 1. The topological polar surface area (TPSA) is 66.9 Å². The number of piperazine rings is 1. The lowest BCUT2D eigenvalue weighted by Gasteiger charge is -2.36. The van der Waals surface area contributed by atoms with E-state index in [1.165, 1.54) is 0 Å². The highest BCUT2D eigenvalue weighted by Crippen LogP contribution is 2.31. The highest BCUT2D eigenvalue weighted by molar-refractivity contribution is 5.74. The molecule has 0 saturated carbocycles. The molecule has 2 amide bonds. The number of amides is 2. The second-order valence-corrected chi connectivity index (χ2v) is 6.03. The summed E-state index contributed by atoms with van der Waals surface area (Å²) in [6.45, 7) is 3.42. The Kier molecular flexibility index (Phi) is 5.78. The zero-order valence-corrected chi connectivity index (χ0v) is 15.1. The van der Waals surface area contributed by atoms with Crippen LogP contribution in [-0.2, 0) is 6.54 Å². The van der Waals surface area contributed by atoms with Gasteiger partial charge in [-0.15, -0.1) is 0 Å². The van der Waals surface area contributed by atoms with Gasteiger partial charge < -0.3 is 24.6 Å². The molecule has 0 unspecified atom stereocenters.